The van der Waals surface area contributed by atoms with Gasteiger partial charge in [-0.25, -0.2) is 4.79 Å². The van der Waals surface area contributed by atoms with Crippen LogP contribution in [0.4, 0.5) is 21.9 Å². The highest BCUT2D eigenvalue weighted by molar-refractivity contribution is 6.01. The average molecular weight is 532 g/mol. The highest BCUT2D eigenvalue weighted by Crippen LogP contribution is 2.41. The number of carbonyl (C=O) groups excluding carboxylic acids is 2. The van der Waals surface area contributed by atoms with Crippen LogP contribution in [0.1, 0.15) is 43.9 Å². The zero-order valence-electron chi connectivity index (χ0n) is 22.6. The van der Waals surface area contributed by atoms with Crippen molar-refractivity contribution in [3.8, 4) is 5.75 Å². The largest absolute Gasteiger partial charge is 0.491 e. The Balaban J connectivity index is 1.71. The first-order valence-corrected chi connectivity index (χ1v) is 12.9. The number of rotatable bonds is 12. The number of benzene rings is 3. The Bertz CT molecular complexity index is 1270. The fraction of sp³-hybridized carbons (Fsp3) is 0.290. The van der Waals surface area contributed by atoms with Crippen molar-refractivity contribution in [2.24, 2.45) is 5.41 Å². The Hall–Kier alpha value is -4.30. The molecule has 3 rings (SSSR count). The summed E-state index contributed by atoms with van der Waals surface area (Å²) < 4.78 is 11.6. The number of ether oxygens (including phenoxy) is 2. The van der Waals surface area contributed by atoms with Crippen molar-refractivity contribution >= 4 is 29.1 Å². The van der Waals surface area contributed by atoms with Crippen LogP contribution in [0.5, 0.6) is 5.75 Å². The molecule has 0 unspecified atom stereocenters. The molecule has 206 valence electrons. The van der Waals surface area contributed by atoms with E-state index in [2.05, 4.69) is 10.6 Å². The number of nitrogen functional groups attached to an aromatic ring is 1. The molecule has 5 N–H and O–H groups in total. The maximum Gasteiger partial charge on any atom is 0.412 e. The molecule has 0 spiro atoms. The first kappa shape index (κ1) is 29.3. The first-order valence-electron chi connectivity index (χ1n) is 12.9. The van der Waals surface area contributed by atoms with Crippen LogP contribution in [0, 0.1) is 12.3 Å². The minimum absolute atomic E-state index is 0.106. The smallest absolute Gasteiger partial charge is 0.412 e. The van der Waals surface area contributed by atoms with Crippen molar-refractivity contribution < 1.29 is 24.2 Å². The Morgan fingerprint density at radius 3 is 2.49 bits per heavy atom. The average Bonchev–Trinajstić information content (AvgIpc) is 2.91. The third-order valence-electron chi connectivity index (χ3n) is 6.20. The standard InChI is InChI=1S/C31H37N3O5/c1-22-14-16-24(17-15-22)33-30(37)39-29(23-9-8-10-25(21-23)38-20-19-35)31(2,3)18-7-6-13-28(36)34-27-12-5-4-11-26(27)32/h4-6,8-17,21,29,35H,7,18-20,32H2,1-3H3,(H,33,37)(H,34,36)/b13-6+/t29-/m0/s1. The zero-order chi connectivity index (χ0) is 28.3. The predicted octanol–water partition coefficient (Wildman–Crippen LogP) is 6.24. The molecule has 2 amide bonds. The highest BCUT2D eigenvalue weighted by atomic mass is 16.6. The van der Waals surface area contributed by atoms with Gasteiger partial charge in [0.2, 0.25) is 5.91 Å². The number of carbonyl (C=O) groups is 2. The number of anilines is 3. The van der Waals surface area contributed by atoms with Gasteiger partial charge in [-0.1, -0.05) is 61.9 Å². The Kier molecular flexibility index (Phi) is 10.5. The van der Waals surface area contributed by atoms with Crippen LogP contribution in [0.3, 0.4) is 0 Å². The molecule has 0 aliphatic carbocycles. The summed E-state index contributed by atoms with van der Waals surface area (Å²) in [5.74, 6) is 0.298. The van der Waals surface area contributed by atoms with E-state index in [9.17, 15) is 9.59 Å². The van der Waals surface area contributed by atoms with E-state index in [1.807, 2.05) is 63.2 Å². The van der Waals surface area contributed by atoms with Gasteiger partial charge in [-0.15, -0.1) is 0 Å². The van der Waals surface area contributed by atoms with Crippen LogP contribution >= 0.6 is 0 Å². The van der Waals surface area contributed by atoms with Gasteiger partial charge < -0.3 is 25.6 Å². The van der Waals surface area contributed by atoms with E-state index in [1.165, 1.54) is 6.08 Å². The van der Waals surface area contributed by atoms with Gasteiger partial charge in [-0.2, -0.15) is 0 Å². The second kappa shape index (κ2) is 14.0. The second-order valence-corrected chi connectivity index (χ2v) is 9.93. The monoisotopic (exact) mass is 531 g/mol. The van der Waals surface area contributed by atoms with Crippen molar-refractivity contribution in [3.63, 3.8) is 0 Å². The first-order chi connectivity index (χ1) is 18.7. The number of allylic oxidation sites excluding steroid dienone is 1. The van der Waals surface area contributed by atoms with Crippen LogP contribution in [-0.2, 0) is 9.53 Å². The van der Waals surface area contributed by atoms with E-state index >= 15 is 0 Å². The molecular formula is C31H37N3O5. The summed E-state index contributed by atoms with van der Waals surface area (Å²) in [7, 11) is 0. The molecule has 39 heavy (non-hydrogen) atoms. The zero-order valence-corrected chi connectivity index (χ0v) is 22.6. The number of hydrogen-bond donors (Lipinski definition) is 4. The van der Waals surface area contributed by atoms with Gasteiger partial charge in [-0.3, -0.25) is 10.1 Å². The van der Waals surface area contributed by atoms with E-state index in [0.717, 1.165) is 11.1 Å². The normalized spacial score (nSPS) is 12.1. The SMILES string of the molecule is Cc1ccc(NC(=O)O[C@@H](c2cccc(OCCO)c2)C(C)(C)CC/C=C/C(=O)Nc2ccccc2N)cc1. The van der Waals surface area contributed by atoms with Gasteiger partial charge >= 0.3 is 6.09 Å². The highest BCUT2D eigenvalue weighted by Gasteiger charge is 2.34. The lowest BCUT2D eigenvalue weighted by molar-refractivity contribution is -0.111. The lowest BCUT2D eigenvalue weighted by Crippen LogP contribution is -2.29. The van der Waals surface area contributed by atoms with Gasteiger partial charge in [0, 0.05) is 11.1 Å². The van der Waals surface area contributed by atoms with Gasteiger partial charge in [0.25, 0.3) is 0 Å². The number of aliphatic hydroxyl groups is 1. The van der Waals surface area contributed by atoms with E-state index in [0.29, 0.717) is 35.7 Å². The molecule has 1 atom stereocenters. The van der Waals surface area contributed by atoms with Crippen molar-refractivity contribution in [2.75, 3.05) is 29.6 Å². The summed E-state index contributed by atoms with van der Waals surface area (Å²) in [6.45, 7) is 6.05. The molecule has 0 aliphatic heterocycles. The summed E-state index contributed by atoms with van der Waals surface area (Å²) >= 11 is 0. The molecule has 0 radical (unpaired) electrons. The number of aliphatic hydroxyl groups excluding tert-OH is 1. The number of amides is 2. The number of nitrogens with one attached hydrogen (secondary N) is 2. The lowest BCUT2D eigenvalue weighted by Gasteiger charge is -2.34. The number of para-hydroxylation sites is 2. The predicted molar refractivity (Wildman–Crippen MR) is 155 cm³/mol. The van der Waals surface area contributed by atoms with Crippen LogP contribution in [0.2, 0.25) is 0 Å². The van der Waals surface area contributed by atoms with Crippen molar-refractivity contribution in [3.05, 3.63) is 96.1 Å². The van der Waals surface area contributed by atoms with E-state index in [4.69, 9.17) is 20.3 Å². The third kappa shape index (κ3) is 9.19. The molecule has 0 bridgehead atoms. The molecule has 3 aromatic carbocycles. The van der Waals surface area contributed by atoms with Crippen LogP contribution < -0.4 is 21.1 Å². The summed E-state index contributed by atoms with van der Waals surface area (Å²) in [4.78, 5) is 25.3. The molecule has 0 saturated carbocycles. The maximum absolute atomic E-state index is 12.9. The fourth-order valence-corrected chi connectivity index (χ4v) is 4.06. The van der Waals surface area contributed by atoms with Gasteiger partial charge in [-0.05, 0) is 67.8 Å². The minimum atomic E-state index is -0.619. The molecule has 0 fully saturated rings. The maximum atomic E-state index is 12.9. The molecule has 0 heterocycles. The minimum Gasteiger partial charge on any atom is -0.491 e. The molecule has 0 aliphatic rings. The Morgan fingerprint density at radius 2 is 1.77 bits per heavy atom. The summed E-state index contributed by atoms with van der Waals surface area (Å²) in [5.41, 5.74) is 8.92. The van der Waals surface area contributed by atoms with E-state index in [-0.39, 0.29) is 19.1 Å². The summed E-state index contributed by atoms with van der Waals surface area (Å²) in [6, 6.07) is 21.8. The quantitative estimate of drug-likeness (QED) is 0.162. The van der Waals surface area contributed by atoms with Crippen LogP contribution in [0.25, 0.3) is 0 Å². The second-order valence-electron chi connectivity index (χ2n) is 9.93. The van der Waals surface area contributed by atoms with Gasteiger partial charge in [0.1, 0.15) is 18.5 Å². The topological polar surface area (TPSA) is 123 Å². The van der Waals surface area contributed by atoms with Crippen molar-refractivity contribution in [1.29, 1.82) is 0 Å². The third-order valence-corrected chi connectivity index (χ3v) is 6.20. The Morgan fingerprint density at radius 1 is 1.03 bits per heavy atom. The summed E-state index contributed by atoms with van der Waals surface area (Å²) in [6.07, 6.45) is 3.27. The number of aryl methyl sites for hydroxylation is 1. The fourth-order valence-electron chi connectivity index (χ4n) is 4.06. The molecule has 8 nitrogen and oxygen atoms in total. The van der Waals surface area contributed by atoms with E-state index < -0.39 is 17.6 Å². The number of hydrogen-bond acceptors (Lipinski definition) is 6. The Labute approximate surface area is 229 Å². The van der Waals surface area contributed by atoms with Crippen molar-refractivity contribution in [1.82, 2.24) is 0 Å². The molecule has 3 aromatic rings. The van der Waals surface area contributed by atoms with E-state index in [1.54, 1.807) is 36.4 Å². The molecule has 0 saturated heterocycles. The summed E-state index contributed by atoms with van der Waals surface area (Å²) in [5, 5.41) is 14.7. The van der Waals surface area contributed by atoms with Crippen LogP contribution in [-0.4, -0.2) is 30.3 Å². The van der Waals surface area contributed by atoms with Crippen LogP contribution in [0.15, 0.2) is 84.9 Å². The molecule has 8 heteroatoms. The van der Waals surface area contributed by atoms with Gasteiger partial charge in [0.05, 0.1) is 18.0 Å². The van der Waals surface area contributed by atoms with Crippen molar-refractivity contribution in [2.45, 2.75) is 39.7 Å². The van der Waals surface area contributed by atoms with Gasteiger partial charge in [0.15, 0.2) is 0 Å². The molecule has 0 aromatic heterocycles. The lowest BCUT2D eigenvalue weighted by atomic mass is 9.78. The number of nitrogens with two attached hydrogens (primary N) is 1. The molecular weight excluding hydrogens is 494 g/mol.